The van der Waals surface area contributed by atoms with E-state index < -0.39 is 29.1 Å². The quantitative estimate of drug-likeness (QED) is 0.467. The molecule has 0 aliphatic carbocycles. The van der Waals surface area contributed by atoms with E-state index in [2.05, 4.69) is 26.0 Å². The summed E-state index contributed by atoms with van der Waals surface area (Å²) in [4.78, 5) is 10.4. The minimum atomic E-state index is -3.06. The molecule has 140 valence electrons. The molecule has 0 radical (unpaired) electrons. The maximum absolute atomic E-state index is 13.6. The van der Waals surface area contributed by atoms with Crippen molar-refractivity contribution < 1.29 is 27.9 Å². The number of nitro benzene ring substituents is 1. The maximum Gasteiger partial charge on any atom is 0.387 e. The third-order valence-electron chi connectivity index (χ3n) is 3.49. The minimum absolute atomic E-state index is 0.00883. The first-order valence-electron chi connectivity index (χ1n) is 7.38. The average Bonchev–Trinajstić information content (AvgIpc) is 2.57. The number of para-hydroxylation sites is 1. The number of hydrogen-bond acceptors (Lipinski definition) is 5. The minimum Gasteiger partial charge on any atom is -0.434 e. The first-order chi connectivity index (χ1) is 12.3. The van der Waals surface area contributed by atoms with Crippen molar-refractivity contribution in [2.45, 2.75) is 19.1 Å². The van der Waals surface area contributed by atoms with Gasteiger partial charge >= 0.3 is 6.61 Å². The molecular formula is C16H14BrF3N2O4. The number of aliphatic hydroxyl groups excluding tert-OH is 1. The number of benzene rings is 2. The SMILES string of the molecule is O=[N+]([O-])c1cc(F)c(Br)cc1N[C@H](CCO)c1ccccc1OC(F)F. The summed E-state index contributed by atoms with van der Waals surface area (Å²) in [6.07, 6.45) is 0.0514. The summed E-state index contributed by atoms with van der Waals surface area (Å²) in [5.41, 5.74) is -0.286. The Kier molecular flexibility index (Phi) is 6.81. The highest BCUT2D eigenvalue weighted by molar-refractivity contribution is 9.10. The van der Waals surface area contributed by atoms with E-state index in [0.29, 0.717) is 0 Å². The van der Waals surface area contributed by atoms with Gasteiger partial charge in [0.25, 0.3) is 5.69 Å². The van der Waals surface area contributed by atoms with Gasteiger partial charge in [-0.1, -0.05) is 18.2 Å². The molecule has 2 aromatic carbocycles. The van der Waals surface area contributed by atoms with E-state index in [4.69, 9.17) is 0 Å². The molecule has 0 aliphatic heterocycles. The summed E-state index contributed by atoms with van der Waals surface area (Å²) in [7, 11) is 0. The fourth-order valence-electron chi connectivity index (χ4n) is 2.40. The fraction of sp³-hybridized carbons (Fsp3) is 0.250. The van der Waals surface area contributed by atoms with Crippen LogP contribution < -0.4 is 10.1 Å². The highest BCUT2D eigenvalue weighted by atomic mass is 79.9. The molecule has 1 atom stereocenters. The molecule has 0 heterocycles. The number of nitro groups is 1. The molecule has 6 nitrogen and oxygen atoms in total. The van der Waals surface area contributed by atoms with Gasteiger partial charge in [0.2, 0.25) is 0 Å². The molecule has 0 unspecified atom stereocenters. The Labute approximate surface area is 154 Å². The molecule has 10 heteroatoms. The average molecular weight is 435 g/mol. The standard InChI is InChI=1S/C16H14BrF3N2O4/c17-10-7-13(14(22(24)25)8-11(10)18)21-12(5-6-23)9-3-1-2-4-15(9)26-16(19)20/h1-4,7-8,12,16,21,23H,5-6H2/t12-/m1/s1. The Morgan fingerprint density at radius 3 is 2.62 bits per heavy atom. The first-order valence-corrected chi connectivity index (χ1v) is 8.17. The van der Waals surface area contributed by atoms with Gasteiger partial charge in [0.05, 0.1) is 21.5 Å². The maximum atomic E-state index is 13.6. The van der Waals surface area contributed by atoms with Crippen molar-refractivity contribution in [3.8, 4) is 5.75 Å². The summed E-state index contributed by atoms with van der Waals surface area (Å²) in [6.45, 7) is -3.38. The summed E-state index contributed by atoms with van der Waals surface area (Å²) < 4.78 is 43.3. The lowest BCUT2D eigenvalue weighted by Crippen LogP contribution is -2.16. The van der Waals surface area contributed by atoms with Crippen LogP contribution in [0.15, 0.2) is 40.9 Å². The van der Waals surface area contributed by atoms with Gasteiger partial charge in [0, 0.05) is 12.2 Å². The third-order valence-corrected chi connectivity index (χ3v) is 4.10. The predicted molar refractivity (Wildman–Crippen MR) is 91.9 cm³/mol. The number of ether oxygens (including phenoxy) is 1. The van der Waals surface area contributed by atoms with E-state index in [1.807, 2.05) is 0 Å². The zero-order chi connectivity index (χ0) is 19.3. The molecular weight excluding hydrogens is 421 g/mol. The topological polar surface area (TPSA) is 84.6 Å². The highest BCUT2D eigenvalue weighted by Crippen LogP contribution is 2.36. The third kappa shape index (κ3) is 4.85. The number of aliphatic hydroxyl groups is 1. The van der Waals surface area contributed by atoms with E-state index in [1.165, 1.54) is 24.3 Å². The number of hydrogen-bond donors (Lipinski definition) is 2. The molecule has 0 amide bonds. The highest BCUT2D eigenvalue weighted by Gasteiger charge is 2.23. The van der Waals surface area contributed by atoms with Gasteiger partial charge in [-0.2, -0.15) is 8.78 Å². The summed E-state index contributed by atoms with van der Waals surface area (Å²) in [5, 5.41) is 23.3. The molecule has 0 bridgehead atoms. The molecule has 0 spiro atoms. The second kappa shape index (κ2) is 8.86. The van der Waals surface area contributed by atoms with Crippen LogP contribution in [0.25, 0.3) is 0 Å². The van der Waals surface area contributed by atoms with E-state index in [-0.39, 0.29) is 34.5 Å². The van der Waals surface area contributed by atoms with Crippen molar-refractivity contribution in [2.75, 3.05) is 11.9 Å². The second-order valence-electron chi connectivity index (χ2n) is 5.17. The van der Waals surface area contributed by atoms with Crippen LogP contribution in [0.5, 0.6) is 5.75 Å². The largest absolute Gasteiger partial charge is 0.434 e. The van der Waals surface area contributed by atoms with E-state index >= 15 is 0 Å². The van der Waals surface area contributed by atoms with Crippen molar-refractivity contribution in [1.82, 2.24) is 0 Å². The van der Waals surface area contributed by atoms with E-state index in [0.717, 1.165) is 6.07 Å². The Morgan fingerprint density at radius 2 is 2.00 bits per heavy atom. The van der Waals surface area contributed by atoms with Crippen LogP contribution >= 0.6 is 15.9 Å². The Balaban J connectivity index is 2.44. The van der Waals surface area contributed by atoms with Gasteiger partial charge < -0.3 is 15.2 Å². The normalized spacial score (nSPS) is 12.1. The molecule has 2 aromatic rings. The second-order valence-corrected chi connectivity index (χ2v) is 6.02. The van der Waals surface area contributed by atoms with E-state index in [9.17, 15) is 28.4 Å². The van der Waals surface area contributed by atoms with Gasteiger partial charge in [-0.15, -0.1) is 0 Å². The van der Waals surface area contributed by atoms with Crippen LogP contribution in [-0.2, 0) is 0 Å². The Hall–Kier alpha value is -2.33. The summed E-state index contributed by atoms with van der Waals surface area (Å²) >= 11 is 2.95. The molecule has 0 aromatic heterocycles. The number of alkyl halides is 2. The lowest BCUT2D eigenvalue weighted by molar-refractivity contribution is -0.384. The monoisotopic (exact) mass is 434 g/mol. The fourth-order valence-corrected chi connectivity index (χ4v) is 2.74. The van der Waals surface area contributed by atoms with Crippen LogP contribution in [-0.4, -0.2) is 23.2 Å². The Bertz CT molecular complexity index is 792. The van der Waals surface area contributed by atoms with Gasteiger partial charge in [-0.05, 0) is 34.5 Å². The van der Waals surface area contributed by atoms with Crippen molar-refractivity contribution in [3.63, 3.8) is 0 Å². The molecule has 0 fully saturated rings. The zero-order valence-corrected chi connectivity index (χ0v) is 14.8. The lowest BCUT2D eigenvalue weighted by Gasteiger charge is -2.22. The summed E-state index contributed by atoms with van der Waals surface area (Å²) in [5.74, 6) is -0.945. The number of halogens is 4. The van der Waals surface area contributed by atoms with Crippen LogP contribution in [0, 0.1) is 15.9 Å². The van der Waals surface area contributed by atoms with E-state index in [1.54, 1.807) is 6.07 Å². The molecule has 2 N–H and O–H groups in total. The number of anilines is 1. The van der Waals surface area contributed by atoms with Gasteiger partial charge in [0.15, 0.2) is 0 Å². The van der Waals surface area contributed by atoms with Gasteiger partial charge in [-0.25, -0.2) is 4.39 Å². The predicted octanol–water partition coefficient (Wildman–Crippen LogP) is 4.63. The molecule has 26 heavy (non-hydrogen) atoms. The van der Waals surface area contributed by atoms with Crippen LogP contribution in [0.2, 0.25) is 0 Å². The molecule has 0 aliphatic rings. The zero-order valence-electron chi connectivity index (χ0n) is 13.2. The summed E-state index contributed by atoms with van der Waals surface area (Å²) in [6, 6.07) is 7.02. The van der Waals surface area contributed by atoms with Crippen LogP contribution in [0.3, 0.4) is 0 Å². The van der Waals surface area contributed by atoms with Crippen LogP contribution in [0.1, 0.15) is 18.0 Å². The van der Waals surface area contributed by atoms with Crippen molar-refractivity contribution >= 4 is 27.3 Å². The Morgan fingerprint density at radius 1 is 1.31 bits per heavy atom. The van der Waals surface area contributed by atoms with Crippen LogP contribution in [0.4, 0.5) is 24.5 Å². The van der Waals surface area contributed by atoms with Gasteiger partial charge in [0.1, 0.15) is 17.3 Å². The lowest BCUT2D eigenvalue weighted by atomic mass is 10.0. The molecule has 0 saturated carbocycles. The number of nitrogens with one attached hydrogen (secondary N) is 1. The molecule has 2 rings (SSSR count). The number of rotatable bonds is 8. The molecule has 0 saturated heterocycles. The number of nitrogens with zero attached hydrogens (tertiary/aromatic N) is 1. The first kappa shape index (κ1) is 20.0. The van der Waals surface area contributed by atoms with Crippen molar-refractivity contribution in [1.29, 1.82) is 0 Å². The smallest absolute Gasteiger partial charge is 0.387 e. The van der Waals surface area contributed by atoms with Crippen molar-refractivity contribution in [2.24, 2.45) is 0 Å². The van der Waals surface area contributed by atoms with Crippen molar-refractivity contribution in [3.05, 3.63) is 62.4 Å². The van der Waals surface area contributed by atoms with Gasteiger partial charge in [-0.3, -0.25) is 10.1 Å².